The predicted molar refractivity (Wildman–Crippen MR) is 175 cm³/mol. The molecule has 3 N–H and O–H groups in total. The average molecular weight is 650 g/mol. The molecule has 0 aliphatic carbocycles. The van der Waals surface area contributed by atoms with Gasteiger partial charge < -0.3 is 19.5 Å². The molecule has 0 fully saturated rings. The largest absolute Gasteiger partial charge is 0.489 e. The minimum absolute atomic E-state index is 0.00573. The summed E-state index contributed by atoms with van der Waals surface area (Å²) in [6.45, 7) is 10.7. The van der Waals surface area contributed by atoms with E-state index in [2.05, 4.69) is 24.9 Å². The molecule has 44 heavy (non-hydrogen) atoms. The molecule has 4 atom stereocenters. The summed E-state index contributed by atoms with van der Waals surface area (Å²) in [5.41, 5.74) is 2.29. The molecule has 2 heterocycles. The second-order valence-electron chi connectivity index (χ2n) is 11.4. The van der Waals surface area contributed by atoms with Crippen LogP contribution in [0, 0.1) is 11.7 Å². The van der Waals surface area contributed by atoms with Gasteiger partial charge in [-0.25, -0.2) is 14.2 Å². The fourth-order valence-corrected chi connectivity index (χ4v) is 6.18. The Balaban J connectivity index is 1.96. The van der Waals surface area contributed by atoms with Crippen LogP contribution in [0.2, 0.25) is 5.02 Å². The molecule has 0 amide bonds. The van der Waals surface area contributed by atoms with Gasteiger partial charge in [0.2, 0.25) is 0 Å². The molecule has 1 aromatic heterocycles. The van der Waals surface area contributed by atoms with Gasteiger partial charge >= 0.3 is 11.9 Å². The zero-order chi connectivity index (χ0) is 32.4. The number of allylic oxidation sites excluding steroid dienone is 1. The Morgan fingerprint density at radius 3 is 2.66 bits per heavy atom. The zero-order valence-corrected chi connectivity index (χ0v) is 27.8. The second kappa shape index (κ2) is 17.0. The maximum absolute atomic E-state index is 15.2. The monoisotopic (exact) mass is 649 g/mol. The van der Waals surface area contributed by atoms with Gasteiger partial charge in [0.15, 0.2) is 17.3 Å². The molecule has 1 aliphatic rings. The van der Waals surface area contributed by atoms with Crippen LogP contribution in [0.25, 0.3) is 0 Å². The number of nitrogens with zero attached hydrogens (tertiary/aromatic N) is 2. The van der Waals surface area contributed by atoms with Crippen LogP contribution in [0.1, 0.15) is 94.3 Å². The van der Waals surface area contributed by atoms with E-state index in [0.717, 1.165) is 36.8 Å². The summed E-state index contributed by atoms with van der Waals surface area (Å²) in [6, 6.07) is 6.49. The van der Waals surface area contributed by atoms with E-state index in [1.165, 1.54) is 24.9 Å². The number of benzene rings is 1. The van der Waals surface area contributed by atoms with Gasteiger partial charge in [-0.3, -0.25) is 9.93 Å². The maximum atomic E-state index is 15.2. The number of carbonyl (C=O) groups is 2. The van der Waals surface area contributed by atoms with Crippen LogP contribution in [0.3, 0.4) is 0 Å². The standard InChI is InChI=1S/C33H45ClFN3O5S/c1-6-9-26-25(12-13-27(34)30(26)35)24-18-38(32-29(42-19-24)15-14-28(37-32)33(40)41)17-16-23(7-2)31(43-22(5)39)20(3)10-8-11-21(4)44-36/h10,12-15,21,23-24,31H,6-9,11,16-19,36H2,1-5H3,(H,40,41)/b20-10+. The van der Waals surface area contributed by atoms with E-state index in [0.29, 0.717) is 48.3 Å². The van der Waals surface area contributed by atoms with E-state index >= 15 is 4.39 Å². The summed E-state index contributed by atoms with van der Waals surface area (Å²) >= 11 is 7.49. The number of pyridine rings is 1. The van der Waals surface area contributed by atoms with Gasteiger partial charge in [0.25, 0.3) is 0 Å². The van der Waals surface area contributed by atoms with Gasteiger partial charge in [-0.05, 0) is 73.9 Å². The quantitative estimate of drug-likeness (QED) is 0.114. The highest BCUT2D eigenvalue weighted by atomic mass is 35.5. The first kappa shape index (κ1) is 35.7. The van der Waals surface area contributed by atoms with E-state index < -0.39 is 17.9 Å². The van der Waals surface area contributed by atoms with Crippen LogP contribution in [0.4, 0.5) is 10.2 Å². The number of carbonyl (C=O) groups excluding carboxylic acids is 1. The minimum Gasteiger partial charge on any atom is -0.489 e. The Hall–Kier alpha value is -2.82. The third kappa shape index (κ3) is 9.34. The molecule has 2 aromatic rings. The Kier molecular flexibility index (Phi) is 13.8. The highest BCUT2D eigenvalue weighted by molar-refractivity contribution is 7.97. The number of hydrogen-bond acceptors (Lipinski definition) is 8. The summed E-state index contributed by atoms with van der Waals surface area (Å²) in [6.07, 6.45) is 6.12. The van der Waals surface area contributed by atoms with Crippen LogP contribution in [0.5, 0.6) is 5.75 Å². The molecule has 11 heteroatoms. The van der Waals surface area contributed by atoms with Gasteiger partial charge in [0.1, 0.15) is 11.9 Å². The summed E-state index contributed by atoms with van der Waals surface area (Å²) in [5.74, 6) is -1.23. The lowest BCUT2D eigenvalue weighted by molar-refractivity contribution is -0.147. The van der Waals surface area contributed by atoms with Gasteiger partial charge in [-0.2, -0.15) is 0 Å². The van der Waals surface area contributed by atoms with Gasteiger partial charge in [-0.15, -0.1) is 0 Å². The summed E-state index contributed by atoms with van der Waals surface area (Å²) in [7, 11) is 0. The van der Waals surface area contributed by atoms with Crippen LogP contribution in [-0.4, -0.2) is 53.1 Å². The lowest BCUT2D eigenvalue weighted by atomic mass is 9.89. The van der Waals surface area contributed by atoms with Crippen molar-refractivity contribution in [2.45, 2.75) is 90.4 Å². The molecule has 0 spiro atoms. The number of halogens is 2. The van der Waals surface area contributed by atoms with Crippen molar-refractivity contribution in [3.63, 3.8) is 0 Å². The summed E-state index contributed by atoms with van der Waals surface area (Å²) < 4.78 is 27.3. The molecule has 4 unspecified atom stereocenters. The molecule has 1 aromatic carbocycles. The number of aromatic nitrogens is 1. The lowest BCUT2D eigenvalue weighted by Gasteiger charge is -2.31. The Morgan fingerprint density at radius 1 is 1.27 bits per heavy atom. The molecule has 3 rings (SSSR count). The number of fused-ring (bicyclic) bond motifs is 1. The van der Waals surface area contributed by atoms with E-state index in [4.69, 9.17) is 26.2 Å². The normalized spacial score (nSPS) is 17.2. The van der Waals surface area contributed by atoms with Crippen molar-refractivity contribution < 1.29 is 28.6 Å². The molecule has 8 nitrogen and oxygen atoms in total. The second-order valence-corrected chi connectivity index (χ2v) is 12.9. The smallest absolute Gasteiger partial charge is 0.354 e. The fourth-order valence-electron chi connectivity index (χ4n) is 5.73. The molecule has 0 radical (unpaired) electrons. The number of anilines is 1. The van der Waals surface area contributed by atoms with Crippen molar-refractivity contribution in [1.29, 1.82) is 0 Å². The first-order valence-electron chi connectivity index (χ1n) is 15.3. The van der Waals surface area contributed by atoms with Crippen molar-refractivity contribution in [3.05, 3.63) is 63.6 Å². The number of hydrogen-bond donors (Lipinski definition) is 2. The molecule has 1 aliphatic heterocycles. The van der Waals surface area contributed by atoms with Crippen molar-refractivity contribution in [1.82, 2.24) is 4.98 Å². The first-order chi connectivity index (χ1) is 21.0. The Bertz CT molecular complexity index is 1330. The topological polar surface area (TPSA) is 115 Å². The molecule has 0 saturated carbocycles. The Labute approximate surface area is 269 Å². The van der Waals surface area contributed by atoms with Crippen molar-refractivity contribution in [2.75, 3.05) is 24.6 Å². The highest BCUT2D eigenvalue weighted by Crippen LogP contribution is 2.37. The number of aromatic carboxylic acids is 1. The van der Waals surface area contributed by atoms with Gasteiger partial charge in [0, 0.05) is 37.1 Å². The number of esters is 1. The highest BCUT2D eigenvalue weighted by Gasteiger charge is 2.31. The van der Waals surface area contributed by atoms with E-state index in [1.807, 2.05) is 24.8 Å². The summed E-state index contributed by atoms with van der Waals surface area (Å²) in [5, 5.41) is 15.8. The van der Waals surface area contributed by atoms with Gasteiger partial charge in [-0.1, -0.05) is 62.9 Å². The van der Waals surface area contributed by atoms with E-state index in [9.17, 15) is 14.7 Å². The van der Waals surface area contributed by atoms with E-state index in [-0.39, 0.29) is 35.1 Å². The third-order valence-electron chi connectivity index (χ3n) is 8.15. The van der Waals surface area contributed by atoms with Crippen LogP contribution in [0.15, 0.2) is 35.9 Å². The zero-order valence-electron chi connectivity index (χ0n) is 26.3. The number of ether oxygens (including phenoxy) is 2. The first-order valence-corrected chi connectivity index (χ1v) is 16.6. The molecule has 242 valence electrons. The predicted octanol–water partition coefficient (Wildman–Crippen LogP) is 7.58. The minimum atomic E-state index is -1.14. The van der Waals surface area contributed by atoms with Crippen molar-refractivity contribution >= 4 is 41.3 Å². The number of rotatable bonds is 15. The fraction of sp³-hybridized carbons (Fsp3) is 0.545. The molecular formula is C33H45ClFN3O5S. The number of carboxylic acids is 1. The van der Waals surface area contributed by atoms with E-state index in [1.54, 1.807) is 12.1 Å². The number of nitrogens with two attached hydrogens (primary N) is 1. The molecule has 0 bridgehead atoms. The molecule has 0 saturated heterocycles. The van der Waals surface area contributed by atoms with Crippen LogP contribution in [-0.2, 0) is 16.0 Å². The number of carboxylic acid groups (broad SMARTS) is 1. The maximum Gasteiger partial charge on any atom is 0.354 e. The van der Waals surface area contributed by atoms with Gasteiger partial charge in [0.05, 0.1) is 11.6 Å². The third-order valence-corrected chi connectivity index (χ3v) is 9.14. The van der Waals surface area contributed by atoms with Crippen LogP contribution < -0.4 is 14.8 Å². The molecular weight excluding hydrogens is 605 g/mol. The average Bonchev–Trinajstić information content (AvgIpc) is 3.18. The van der Waals surface area contributed by atoms with Crippen molar-refractivity contribution in [3.8, 4) is 5.75 Å². The van der Waals surface area contributed by atoms with Crippen molar-refractivity contribution in [2.24, 2.45) is 11.1 Å². The lowest BCUT2D eigenvalue weighted by Crippen LogP contribution is -2.35. The van der Waals surface area contributed by atoms with Crippen LogP contribution >= 0.6 is 23.5 Å². The Morgan fingerprint density at radius 2 is 2.02 bits per heavy atom. The SMILES string of the molecule is CCCc1c(C2COc3ccc(C(=O)O)nc3N(CCC(CC)C(OC(C)=O)/C(C)=C/CCC(C)SN)C2)ccc(Cl)c1F. The summed E-state index contributed by atoms with van der Waals surface area (Å²) in [4.78, 5) is 30.5.